The molecule has 4 aromatic heterocycles. The molecule has 0 aliphatic carbocycles. The van der Waals surface area contributed by atoms with E-state index in [4.69, 9.17) is 16.2 Å². The Morgan fingerprint density at radius 1 is 0.902 bits per heavy atom. The number of para-hydroxylation sites is 1. The number of aromatic nitrogens is 4. The van der Waals surface area contributed by atoms with E-state index in [-0.39, 0.29) is 16.9 Å². The van der Waals surface area contributed by atoms with Crippen molar-refractivity contribution in [2.75, 3.05) is 12.8 Å². The number of pyridine rings is 4. The second kappa shape index (κ2) is 11.7. The Hall–Kier alpha value is -5.57. The summed E-state index contributed by atoms with van der Waals surface area (Å²) in [7, 11) is 1.59. The molecule has 1 amide bonds. The minimum Gasteiger partial charge on any atom is -0.481 e. The van der Waals surface area contributed by atoms with Crippen LogP contribution in [0.2, 0.25) is 0 Å². The predicted octanol–water partition coefficient (Wildman–Crippen LogP) is 4.93. The van der Waals surface area contributed by atoms with Gasteiger partial charge >= 0.3 is 0 Å². The van der Waals surface area contributed by atoms with Crippen LogP contribution < -0.4 is 21.8 Å². The van der Waals surface area contributed by atoms with Crippen LogP contribution in [-0.4, -0.2) is 32.5 Å². The first-order chi connectivity index (χ1) is 19.9. The molecule has 0 aliphatic rings. The van der Waals surface area contributed by atoms with E-state index in [0.29, 0.717) is 16.8 Å². The van der Waals surface area contributed by atoms with Gasteiger partial charge in [0, 0.05) is 41.4 Å². The number of amides is 1. The van der Waals surface area contributed by atoms with Gasteiger partial charge < -0.3 is 16.2 Å². The SMILES string of the molecule is CCc1cc2cccc(-c3ccnc(OC)c3)c2c(=O)n1-c1ccccc1.NC(=O)c1c(N)ncc2cccnc12. The van der Waals surface area contributed by atoms with Crippen molar-refractivity contribution in [3.63, 3.8) is 0 Å². The van der Waals surface area contributed by atoms with Gasteiger partial charge in [-0.25, -0.2) is 9.97 Å². The van der Waals surface area contributed by atoms with Gasteiger partial charge in [0.1, 0.15) is 11.4 Å². The van der Waals surface area contributed by atoms with Crippen molar-refractivity contribution in [3.8, 4) is 22.7 Å². The molecule has 0 aliphatic heterocycles. The Morgan fingerprint density at radius 2 is 1.68 bits per heavy atom. The van der Waals surface area contributed by atoms with E-state index in [1.54, 1.807) is 37.8 Å². The number of carbonyl (C=O) groups is 1. The Balaban J connectivity index is 0.000000202. The number of hydrogen-bond acceptors (Lipinski definition) is 7. The van der Waals surface area contributed by atoms with Crippen LogP contribution in [0.1, 0.15) is 23.0 Å². The lowest BCUT2D eigenvalue weighted by atomic mass is 9.99. The monoisotopic (exact) mass is 544 g/mol. The molecule has 4 heterocycles. The maximum atomic E-state index is 13.6. The highest BCUT2D eigenvalue weighted by atomic mass is 16.5. The van der Waals surface area contributed by atoms with Gasteiger partial charge in [-0.15, -0.1) is 0 Å². The number of nitrogens with two attached hydrogens (primary N) is 2. The number of methoxy groups -OCH3 is 1. The molecule has 41 heavy (non-hydrogen) atoms. The van der Waals surface area contributed by atoms with E-state index in [9.17, 15) is 9.59 Å². The van der Waals surface area contributed by atoms with Gasteiger partial charge in [0.2, 0.25) is 5.88 Å². The summed E-state index contributed by atoms with van der Waals surface area (Å²) in [5.74, 6) is 0.0288. The second-order valence-electron chi connectivity index (χ2n) is 9.15. The molecule has 0 saturated carbocycles. The molecule has 0 atom stereocenters. The molecule has 0 unspecified atom stereocenters. The van der Waals surface area contributed by atoms with Crippen LogP contribution >= 0.6 is 0 Å². The highest BCUT2D eigenvalue weighted by Crippen LogP contribution is 2.29. The second-order valence-corrected chi connectivity index (χ2v) is 9.15. The lowest BCUT2D eigenvalue weighted by Crippen LogP contribution is -2.22. The van der Waals surface area contributed by atoms with E-state index >= 15 is 0 Å². The van der Waals surface area contributed by atoms with Crippen LogP contribution in [0, 0.1) is 0 Å². The van der Waals surface area contributed by atoms with Crippen LogP contribution in [0.25, 0.3) is 38.5 Å². The van der Waals surface area contributed by atoms with Crippen LogP contribution in [0.4, 0.5) is 5.82 Å². The fourth-order valence-electron chi connectivity index (χ4n) is 4.76. The highest BCUT2D eigenvalue weighted by molar-refractivity contribution is 6.08. The average molecular weight is 545 g/mol. The molecule has 204 valence electrons. The van der Waals surface area contributed by atoms with E-state index in [2.05, 4.69) is 27.9 Å². The maximum Gasteiger partial charge on any atom is 0.263 e. The smallest absolute Gasteiger partial charge is 0.263 e. The number of nitrogens with zero attached hydrogens (tertiary/aromatic N) is 4. The standard InChI is InChI=1S/C23H20N2O2.C9H8N4O/c1-3-18-14-17-8-7-11-20(16-12-13-24-21(15-16)27-2)22(17)23(26)25(18)19-9-5-4-6-10-19;10-8-6(9(11)14)7-5(4-13-8)2-1-3-12-7/h4-15H,3H2,1-2H3;1-4H,(H2,10,13)(H2,11,14). The zero-order chi connectivity index (χ0) is 28.9. The summed E-state index contributed by atoms with van der Waals surface area (Å²) in [6.07, 6.45) is 5.61. The first-order valence-corrected chi connectivity index (χ1v) is 13.0. The third-order valence-corrected chi connectivity index (χ3v) is 6.68. The van der Waals surface area contributed by atoms with E-state index in [1.165, 1.54) is 0 Å². The first kappa shape index (κ1) is 27.0. The van der Waals surface area contributed by atoms with Gasteiger partial charge in [-0.2, -0.15) is 0 Å². The first-order valence-electron chi connectivity index (χ1n) is 13.0. The third-order valence-electron chi connectivity index (χ3n) is 6.68. The van der Waals surface area contributed by atoms with Crippen LogP contribution in [-0.2, 0) is 6.42 Å². The molecule has 6 aromatic rings. The van der Waals surface area contributed by atoms with Gasteiger partial charge in [-0.3, -0.25) is 19.1 Å². The van der Waals surface area contributed by atoms with Gasteiger partial charge in [-0.1, -0.05) is 43.3 Å². The van der Waals surface area contributed by atoms with Crippen LogP contribution in [0.5, 0.6) is 5.88 Å². The highest BCUT2D eigenvalue weighted by Gasteiger charge is 2.15. The van der Waals surface area contributed by atoms with Crippen LogP contribution in [0.3, 0.4) is 0 Å². The molecule has 9 nitrogen and oxygen atoms in total. The Morgan fingerprint density at radius 3 is 2.41 bits per heavy atom. The van der Waals surface area contributed by atoms with Crippen molar-refractivity contribution in [1.82, 2.24) is 19.5 Å². The molecular formula is C32H28N6O3. The van der Waals surface area contributed by atoms with Gasteiger partial charge in [-0.05, 0) is 59.3 Å². The van der Waals surface area contributed by atoms with Crippen molar-refractivity contribution in [2.45, 2.75) is 13.3 Å². The summed E-state index contributed by atoms with van der Waals surface area (Å²) in [6.45, 7) is 2.07. The Bertz CT molecular complexity index is 1940. The molecule has 0 saturated heterocycles. The number of rotatable bonds is 5. The molecule has 0 fully saturated rings. The lowest BCUT2D eigenvalue weighted by Gasteiger charge is -2.15. The third kappa shape index (κ3) is 5.33. The van der Waals surface area contributed by atoms with Crippen molar-refractivity contribution < 1.29 is 9.53 Å². The zero-order valence-corrected chi connectivity index (χ0v) is 22.6. The minimum atomic E-state index is -0.612. The Labute approximate surface area is 236 Å². The predicted molar refractivity (Wildman–Crippen MR) is 161 cm³/mol. The number of benzene rings is 2. The maximum absolute atomic E-state index is 13.6. The minimum absolute atomic E-state index is 0.0121. The summed E-state index contributed by atoms with van der Waals surface area (Å²) in [5, 5.41) is 2.39. The quantitative estimate of drug-likeness (QED) is 0.314. The number of ether oxygens (including phenoxy) is 1. The van der Waals surface area contributed by atoms with Crippen molar-refractivity contribution in [3.05, 3.63) is 119 Å². The summed E-state index contributed by atoms with van der Waals surface area (Å²) in [4.78, 5) is 36.8. The summed E-state index contributed by atoms with van der Waals surface area (Å²) >= 11 is 0. The average Bonchev–Trinajstić information content (AvgIpc) is 3.01. The molecule has 0 bridgehead atoms. The molecule has 0 radical (unpaired) electrons. The van der Waals surface area contributed by atoms with Crippen molar-refractivity contribution in [1.29, 1.82) is 0 Å². The molecule has 9 heteroatoms. The van der Waals surface area contributed by atoms with Crippen LogP contribution in [0.15, 0.2) is 102 Å². The number of nitrogen functional groups attached to an aromatic ring is 1. The zero-order valence-electron chi connectivity index (χ0n) is 22.6. The molecule has 6 rings (SSSR count). The van der Waals surface area contributed by atoms with Gasteiger partial charge in [0.25, 0.3) is 11.5 Å². The number of hydrogen-bond donors (Lipinski definition) is 2. The van der Waals surface area contributed by atoms with Crippen molar-refractivity contribution >= 4 is 33.4 Å². The summed E-state index contributed by atoms with van der Waals surface area (Å²) < 4.78 is 7.06. The van der Waals surface area contributed by atoms with Crippen molar-refractivity contribution in [2.24, 2.45) is 5.73 Å². The van der Waals surface area contributed by atoms with E-state index < -0.39 is 5.91 Å². The topological polar surface area (TPSA) is 139 Å². The molecule has 4 N–H and O–H groups in total. The number of carbonyl (C=O) groups excluding carboxylic acids is 1. The number of aryl methyl sites for hydroxylation is 1. The molecule has 2 aromatic carbocycles. The number of primary amides is 1. The largest absolute Gasteiger partial charge is 0.481 e. The fourth-order valence-corrected chi connectivity index (χ4v) is 4.76. The fraction of sp³-hybridized carbons (Fsp3) is 0.0938. The van der Waals surface area contributed by atoms with Gasteiger partial charge in [0.05, 0.1) is 18.0 Å². The number of anilines is 1. The molecular weight excluding hydrogens is 516 g/mol. The van der Waals surface area contributed by atoms with E-state index in [0.717, 1.165) is 39.7 Å². The summed E-state index contributed by atoms with van der Waals surface area (Å²) in [5.41, 5.74) is 15.0. The summed E-state index contributed by atoms with van der Waals surface area (Å²) in [6, 6.07) is 25.1. The lowest BCUT2D eigenvalue weighted by molar-refractivity contribution is 0.100. The Kier molecular flexibility index (Phi) is 7.69. The number of fused-ring (bicyclic) bond motifs is 2. The van der Waals surface area contributed by atoms with E-state index in [1.807, 2.05) is 65.2 Å². The molecule has 0 spiro atoms. The normalized spacial score (nSPS) is 10.7. The van der Waals surface area contributed by atoms with Gasteiger partial charge in [0.15, 0.2) is 0 Å².